The molecular weight excluding hydrogens is 250 g/mol. The lowest BCUT2D eigenvalue weighted by molar-refractivity contribution is 0.508. The average molecular weight is 262 g/mol. The summed E-state index contributed by atoms with van der Waals surface area (Å²) >= 11 is 0. The second-order valence-corrected chi connectivity index (χ2v) is 4.17. The standard InChI is InChI=1S/C13H12F2N4/c1-8-10(7-19(2)18-8)6-17-11-4-3-9(5-16)12(14)13(11)15/h3-4,7,17H,6H2,1-2H3. The molecule has 0 aliphatic carbocycles. The van der Waals surface area contributed by atoms with Gasteiger partial charge in [-0.2, -0.15) is 10.4 Å². The van der Waals surface area contributed by atoms with Crippen LogP contribution >= 0.6 is 0 Å². The molecule has 0 spiro atoms. The van der Waals surface area contributed by atoms with Crippen molar-refractivity contribution < 1.29 is 8.78 Å². The number of aryl methyl sites for hydroxylation is 2. The lowest BCUT2D eigenvalue weighted by Crippen LogP contribution is -2.04. The minimum atomic E-state index is -1.13. The third-order valence-electron chi connectivity index (χ3n) is 2.79. The number of nitrogens with zero attached hydrogens (tertiary/aromatic N) is 3. The maximum absolute atomic E-state index is 13.6. The third-order valence-corrected chi connectivity index (χ3v) is 2.79. The minimum absolute atomic E-state index is 0.0275. The summed E-state index contributed by atoms with van der Waals surface area (Å²) in [5.41, 5.74) is 1.44. The Hall–Kier alpha value is -2.42. The second-order valence-electron chi connectivity index (χ2n) is 4.17. The summed E-state index contributed by atoms with van der Waals surface area (Å²) in [7, 11) is 1.79. The molecule has 0 atom stereocenters. The van der Waals surface area contributed by atoms with Crippen molar-refractivity contribution in [3.05, 3.63) is 46.8 Å². The van der Waals surface area contributed by atoms with Gasteiger partial charge in [0.2, 0.25) is 0 Å². The molecular formula is C13H12F2N4. The first kappa shape index (κ1) is 13.0. The predicted octanol–water partition coefficient (Wildman–Crippen LogP) is 2.49. The van der Waals surface area contributed by atoms with Crippen molar-refractivity contribution in [2.75, 3.05) is 5.32 Å². The highest BCUT2D eigenvalue weighted by atomic mass is 19.2. The van der Waals surface area contributed by atoms with Crippen LogP contribution in [0.5, 0.6) is 0 Å². The molecule has 0 amide bonds. The number of anilines is 1. The van der Waals surface area contributed by atoms with Crippen LogP contribution in [0.15, 0.2) is 18.3 Å². The van der Waals surface area contributed by atoms with Gasteiger partial charge in [-0.1, -0.05) is 0 Å². The Labute approximate surface area is 109 Å². The van der Waals surface area contributed by atoms with Crippen LogP contribution in [0.2, 0.25) is 0 Å². The molecule has 0 saturated carbocycles. The zero-order valence-electron chi connectivity index (χ0n) is 10.5. The quantitative estimate of drug-likeness (QED) is 0.924. The lowest BCUT2D eigenvalue weighted by atomic mass is 10.2. The Morgan fingerprint density at radius 2 is 2.11 bits per heavy atom. The molecule has 0 unspecified atom stereocenters. The molecule has 0 aliphatic heterocycles. The first-order chi connectivity index (χ1) is 9.02. The van der Waals surface area contributed by atoms with E-state index in [1.54, 1.807) is 24.0 Å². The van der Waals surface area contributed by atoms with Gasteiger partial charge >= 0.3 is 0 Å². The van der Waals surface area contributed by atoms with E-state index in [1.807, 2.05) is 6.92 Å². The van der Waals surface area contributed by atoms with Gasteiger partial charge in [-0.05, 0) is 19.1 Å². The van der Waals surface area contributed by atoms with Crippen LogP contribution in [0.3, 0.4) is 0 Å². The molecule has 0 bridgehead atoms. The number of benzene rings is 1. The van der Waals surface area contributed by atoms with E-state index in [-0.39, 0.29) is 11.3 Å². The summed E-state index contributed by atoms with van der Waals surface area (Å²) in [6.07, 6.45) is 1.81. The number of hydrogen-bond donors (Lipinski definition) is 1. The van der Waals surface area contributed by atoms with Gasteiger partial charge in [0.15, 0.2) is 11.6 Å². The van der Waals surface area contributed by atoms with E-state index in [0.717, 1.165) is 11.3 Å². The molecule has 0 saturated heterocycles. The van der Waals surface area contributed by atoms with E-state index in [0.29, 0.717) is 6.54 Å². The highest BCUT2D eigenvalue weighted by Crippen LogP contribution is 2.21. The van der Waals surface area contributed by atoms with Gasteiger partial charge in [0.25, 0.3) is 0 Å². The fourth-order valence-electron chi connectivity index (χ4n) is 1.78. The molecule has 0 fully saturated rings. The van der Waals surface area contributed by atoms with Crippen LogP contribution in [0.25, 0.3) is 0 Å². The van der Waals surface area contributed by atoms with Gasteiger partial charge in [0.1, 0.15) is 6.07 Å². The van der Waals surface area contributed by atoms with Crippen LogP contribution in [0, 0.1) is 29.9 Å². The Morgan fingerprint density at radius 1 is 1.37 bits per heavy atom. The van der Waals surface area contributed by atoms with E-state index in [9.17, 15) is 8.78 Å². The van der Waals surface area contributed by atoms with Crippen molar-refractivity contribution >= 4 is 5.69 Å². The van der Waals surface area contributed by atoms with Crippen molar-refractivity contribution in [3.63, 3.8) is 0 Å². The maximum Gasteiger partial charge on any atom is 0.183 e. The summed E-state index contributed by atoms with van der Waals surface area (Å²) in [6, 6.07) is 4.19. The summed E-state index contributed by atoms with van der Waals surface area (Å²) < 4.78 is 28.7. The third kappa shape index (κ3) is 2.55. The molecule has 1 N–H and O–H groups in total. The molecule has 6 heteroatoms. The van der Waals surface area contributed by atoms with Crippen molar-refractivity contribution in [1.29, 1.82) is 5.26 Å². The Kier molecular flexibility index (Phi) is 3.47. The van der Waals surface area contributed by atoms with E-state index < -0.39 is 11.6 Å². The van der Waals surface area contributed by atoms with Crippen LogP contribution in [0.1, 0.15) is 16.8 Å². The Bertz CT molecular complexity index is 655. The molecule has 1 aromatic heterocycles. The molecule has 0 radical (unpaired) electrons. The van der Waals surface area contributed by atoms with Gasteiger partial charge in [0, 0.05) is 25.4 Å². The molecule has 0 aliphatic rings. The van der Waals surface area contributed by atoms with Gasteiger partial charge in [-0.25, -0.2) is 8.78 Å². The van der Waals surface area contributed by atoms with Crippen LogP contribution in [-0.2, 0) is 13.6 Å². The van der Waals surface area contributed by atoms with Crippen molar-refractivity contribution in [2.24, 2.45) is 7.05 Å². The number of nitriles is 1. The number of nitrogens with one attached hydrogen (secondary N) is 1. The fraction of sp³-hybridized carbons (Fsp3) is 0.231. The number of halogens is 2. The summed E-state index contributed by atoms with van der Waals surface area (Å²) in [4.78, 5) is 0. The Morgan fingerprint density at radius 3 is 2.68 bits per heavy atom. The fourth-order valence-corrected chi connectivity index (χ4v) is 1.78. The summed E-state index contributed by atoms with van der Waals surface area (Å²) in [5, 5.41) is 15.5. The van der Waals surface area contributed by atoms with E-state index in [2.05, 4.69) is 10.4 Å². The molecule has 2 rings (SSSR count). The topological polar surface area (TPSA) is 53.6 Å². The zero-order valence-corrected chi connectivity index (χ0v) is 10.5. The predicted molar refractivity (Wildman–Crippen MR) is 66.3 cm³/mol. The van der Waals surface area contributed by atoms with Gasteiger partial charge in [0.05, 0.1) is 16.9 Å². The SMILES string of the molecule is Cc1nn(C)cc1CNc1ccc(C#N)c(F)c1F. The zero-order chi connectivity index (χ0) is 14.0. The van der Waals surface area contributed by atoms with Crippen LogP contribution in [-0.4, -0.2) is 9.78 Å². The van der Waals surface area contributed by atoms with Crippen LogP contribution in [0.4, 0.5) is 14.5 Å². The molecule has 1 aromatic carbocycles. The average Bonchev–Trinajstić information content (AvgIpc) is 2.70. The smallest absolute Gasteiger partial charge is 0.183 e. The van der Waals surface area contributed by atoms with Gasteiger partial charge in [-0.3, -0.25) is 4.68 Å². The minimum Gasteiger partial charge on any atom is -0.378 e. The van der Waals surface area contributed by atoms with Crippen molar-refractivity contribution in [3.8, 4) is 6.07 Å². The van der Waals surface area contributed by atoms with Crippen molar-refractivity contribution in [1.82, 2.24) is 9.78 Å². The maximum atomic E-state index is 13.6. The lowest BCUT2D eigenvalue weighted by Gasteiger charge is -2.08. The van der Waals surface area contributed by atoms with E-state index >= 15 is 0 Å². The molecule has 19 heavy (non-hydrogen) atoms. The highest BCUT2D eigenvalue weighted by Gasteiger charge is 2.13. The largest absolute Gasteiger partial charge is 0.378 e. The molecule has 98 valence electrons. The summed E-state index contributed by atoms with van der Waals surface area (Å²) in [6.45, 7) is 2.18. The van der Waals surface area contributed by atoms with E-state index in [1.165, 1.54) is 12.1 Å². The highest BCUT2D eigenvalue weighted by molar-refractivity contribution is 5.50. The summed E-state index contributed by atoms with van der Waals surface area (Å²) in [5.74, 6) is -2.17. The second kappa shape index (κ2) is 5.06. The molecule has 4 nitrogen and oxygen atoms in total. The molecule has 1 heterocycles. The number of aromatic nitrogens is 2. The van der Waals surface area contributed by atoms with Crippen molar-refractivity contribution in [2.45, 2.75) is 13.5 Å². The van der Waals surface area contributed by atoms with Gasteiger partial charge < -0.3 is 5.32 Å². The monoisotopic (exact) mass is 262 g/mol. The normalized spacial score (nSPS) is 10.3. The molecule has 2 aromatic rings. The number of rotatable bonds is 3. The number of hydrogen-bond acceptors (Lipinski definition) is 3. The van der Waals surface area contributed by atoms with E-state index in [4.69, 9.17) is 5.26 Å². The van der Waals surface area contributed by atoms with Gasteiger partial charge in [-0.15, -0.1) is 0 Å². The Balaban J connectivity index is 2.19. The van der Waals surface area contributed by atoms with Crippen LogP contribution < -0.4 is 5.32 Å². The first-order valence-corrected chi connectivity index (χ1v) is 5.64. The first-order valence-electron chi connectivity index (χ1n) is 5.64.